The predicted molar refractivity (Wildman–Crippen MR) is 89.1 cm³/mol. The van der Waals surface area contributed by atoms with Crippen LogP contribution in [0.3, 0.4) is 0 Å². The van der Waals surface area contributed by atoms with Crippen LogP contribution in [0.4, 0.5) is 5.69 Å². The number of amides is 1. The average Bonchev–Trinajstić information content (AvgIpc) is 2.47. The van der Waals surface area contributed by atoms with E-state index < -0.39 is 10.0 Å². The zero-order chi connectivity index (χ0) is 16.2. The van der Waals surface area contributed by atoms with Crippen molar-refractivity contribution in [1.29, 1.82) is 0 Å². The first kappa shape index (κ1) is 16.9. The van der Waals surface area contributed by atoms with Crippen LogP contribution >= 0.6 is 12.2 Å². The van der Waals surface area contributed by atoms with Crippen LogP contribution in [-0.4, -0.2) is 36.8 Å². The first-order chi connectivity index (χ1) is 10.4. The van der Waals surface area contributed by atoms with Crippen LogP contribution in [0.1, 0.15) is 26.2 Å². The summed E-state index contributed by atoms with van der Waals surface area (Å²) in [6, 6.07) is 6.44. The molecule has 1 aromatic carbocycles. The summed E-state index contributed by atoms with van der Waals surface area (Å²) in [5.41, 5.74) is 0.525. The Kier molecular flexibility index (Phi) is 5.49. The van der Waals surface area contributed by atoms with Gasteiger partial charge in [0.2, 0.25) is 15.9 Å². The molecule has 0 bridgehead atoms. The number of anilines is 1. The van der Waals surface area contributed by atoms with Crippen molar-refractivity contribution in [2.75, 3.05) is 18.4 Å². The van der Waals surface area contributed by atoms with Crippen molar-refractivity contribution in [3.05, 3.63) is 24.3 Å². The molecule has 0 unspecified atom stereocenters. The van der Waals surface area contributed by atoms with Gasteiger partial charge in [-0.15, -0.1) is 0 Å². The maximum absolute atomic E-state index is 12.6. The van der Waals surface area contributed by atoms with Gasteiger partial charge in [0.05, 0.1) is 4.90 Å². The van der Waals surface area contributed by atoms with E-state index in [1.807, 2.05) is 0 Å². The Labute approximate surface area is 135 Å². The number of nitrogens with zero attached hydrogens (tertiary/aromatic N) is 1. The molecule has 22 heavy (non-hydrogen) atoms. The number of thiocarbonyl (C=S) groups is 1. The van der Waals surface area contributed by atoms with E-state index in [-0.39, 0.29) is 15.9 Å². The van der Waals surface area contributed by atoms with E-state index in [0.29, 0.717) is 18.8 Å². The van der Waals surface area contributed by atoms with Gasteiger partial charge in [0.15, 0.2) is 5.11 Å². The maximum atomic E-state index is 12.6. The molecule has 0 radical (unpaired) electrons. The molecular weight excluding hydrogens is 322 g/mol. The quantitative estimate of drug-likeness (QED) is 0.818. The Hall–Kier alpha value is -1.51. The molecule has 2 N–H and O–H groups in total. The standard InChI is InChI=1S/C14H19N3O3S2/c1-11(18)15-14(21)16-12-6-5-7-13(10-12)22(19,20)17-8-3-2-4-9-17/h5-7,10H,2-4,8-9H2,1H3,(H2,15,16,18,21). The molecular formula is C14H19N3O3S2. The molecule has 1 aliphatic heterocycles. The van der Waals surface area contributed by atoms with Gasteiger partial charge in [-0.1, -0.05) is 12.5 Å². The molecule has 0 saturated carbocycles. The fourth-order valence-electron chi connectivity index (χ4n) is 2.31. The summed E-state index contributed by atoms with van der Waals surface area (Å²) in [4.78, 5) is 11.2. The lowest BCUT2D eigenvalue weighted by Crippen LogP contribution is -2.35. The first-order valence-electron chi connectivity index (χ1n) is 7.08. The third-order valence-corrected chi connectivity index (χ3v) is 5.43. The molecule has 2 rings (SSSR count). The van der Waals surface area contributed by atoms with Gasteiger partial charge in [-0.3, -0.25) is 4.79 Å². The molecule has 0 spiro atoms. The zero-order valence-corrected chi connectivity index (χ0v) is 14.0. The highest BCUT2D eigenvalue weighted by molar-refractivity contribution is 7.89. The number of nitrogens with one attached hydrogen (secondary N) is 2. The van der Waals surface area contributed by atoms with Crippen LogP contribution in [0.5, 0.6) is 0 Å². The van der Waals surface area contributed by atoms with E-state index in [4.69, 9.17) is 12.2 Å². The summed E-state index contributed by atoms with van der Waals surface area (Å²) in [5.74, 6) is -0.283. The Bertz CT molecular complexity index is 668. The molecule has 0 aliphatic carbocycles. The first-order valence-corrected chi connectivity index (χ1v) is 8.93. The summed E-state index contributed by atoms with van der Waals surface area (Å²) in [6.45, 7) is 2.47. The number of piperidine rings is 1. The minimum absolute atomic E-state index is 0.139. The minimum atomic E-state index is -3.48. The van der Waals surface area contributed by atoms with Gasteiger partial charge in [0.1, 0.15) is 0 Å². The largest absolute Gasteiger partial charge is 0.332 e. The van der Waals surface area contributed by atoms with E-state index in [1.165, 1.54) is 17.3 Å². The third-order valence-electron chi connectivity index (χ3n) is 3.33. The van der Waals surface area contributed by atoms with Crippen LogP contribution in [0.15, 0.2) is 29.2 Å². The summed E-state index contributed by atoms with van der Waals surface area (Å²) in [5, 5.41) is 5.38. The zero-order valence-electron chi connectivity index (χ0n) is 12.3. The van der Waals surface area contributed by atoms with Crippen molar-refractivity contribution in [3.8, 4) is 0 Å². The molecule has 1 aliphatic rings. The minimum Gasteiger partial charge on any atom is -0.332 e. The number of carbonyl (C=O) groups is 1. The molecule has 1 amide bonds. The summed E-state index contributed by atoms with van der Waals surface area (Å²) in [7, 11) is -3.48. The fraction of sp³-hybridized carbons (Fsp3) is 0.429. The Morgan fingerprint density at radius 3 is 2.55 bits per heavy atom. The summed E-state index contributed by atoms with van der Waals surface area (Å²) >= 11 is 4.97. The number of hydrogen-bond donors (Lipinski definition) is 2. The van der Waals surface area contributed by atoms with Crippen molar-refractivity contribution in [2.24, 2.45) is 0 Å². The highest BCUT2D eigenvalue weighted by atomic mass is 32.2. The van der Waals surface area contributed by atoms with Crippen molar-refractivity contribution >= 4 is 38.9 Å². The van der Waals surface area contributed by atoms with Crippen LogP contribution in [0.2, 0.25) is 0 Å². The molecule has 0 aromatic heterocycles. The van der Waals surface area contributed by atoms with Gasteiger partial charge >= 0.3 is 0 Å². The van der Waals surface area contributed by atoms with E-state index >= 15 is 0 Å². The van der Waals surface area contributed by atoms with Crippen molar-refractivity contribution in [2.45, 2.75) is 31.1 Å². The van der Waals surface area contributed by atoms with Crippen LogP contribution in [-0.2, 0) is 14.8 Å². The second-order valence-electron chi connectivity index (χ2n) is 5.13. The number of carbonyl (C=O) groups excluding carboxylic acids is 1. The van der Waals surface area contributed by atoms with Gasteiger partial charge in [-0.05, 0) is 43.3 Å². The molecule has 1 saturated heterocycles. The van der Waals surface area contributed by atoms with Gasteiger partial charge in [-0.2, -0.15) is 4.31 Å². The van der Waals surface area contributed by atoms with Gasteiger partial charge in [0, 0.05) is 25.7 Å². The van der Waals surface area contributed by atoms with E-state index in [2.05, 4.69) is 10.6 Å². The monoisotopic (exact) mass is 341 g/mol. The van der Waals surface area contributed by atoms with Crippen LogP contribution in [0, 0.1) is 0 Å². The Morgan fingerprint density at radius 2 is 1.91 bits per heavy atom. The SMILES string of the molecule is CC(=O)NC(=S)Nc1cccc(S(=O)(=O)N2CCCCC2)c1. The summed E-state index contributed by atoms with van der Waals surface area (Å²) < 4.78 is 26.7. The topological polar surface area (TPSA) is 78.5 Å². The second-order valence-corrected chi connectivity index (χ2v) is 7.47. The van der Waals surface area contributed by atoms with E-state index in [0.717, 1.165) is 19.3 Å². The van der Waals surface area contributed by atoms with E-state index in [1.54, 1.807) is 18.2 Å². The Morgan fingerprint density at radius 1 is 1.23 bits per heavy atom. The van der Waals surface area contributed by atoms with Gasteiger partial charge < -0.3 is 10.6 Å². The van der Waals surface area contributed by atoms with Gasteiger partial charge in [-0.25, -0.2) is 8.42 Å². The lowest BCUT2D eigenvalue weighted by atomic mass is 10.2. The number of rotatable bonds is 3. The normalized spacial score (nSPS) is 16.0. The molecule has 1 aromatic rings. The summed E-state index contributed by atoms with van der Waals surface area (Å²) in [6.07, 6.45) is 2.85. The number of benzene rings is 1. The molecule has 1 heterocycles. The number of hydrogen-bond acceptors (Lipinski definition) is 4. The van der Waals surface area contributed by atoms with Crippen molar-refractivity contribution in [1.82, 2.24) is 9.62 Å². The molecule has 8 heteroatoms. The third kappa shape index (κ3) is 4.25. The highest BCUT2D eigenvalue weighted by Crippen LogP contribution is 2.22. The van der Waals surface area contributed by atoms with E-state index in [9.17, 15) is 13.2 Å². The molecule has 1 fully saturated rings. The van der Waals surface area contributed by atoms with Gasteiger partial charge in [0.25, 0.3) is 0 Å². The lowest BCUT2D eigenvalue weighted by Gasteiger charge is -2.26. The maximum Gasteiger partial charge on any atom is 0.243 e. The van der Waals surface area contributed by atoms with Crippen LogP contribution < -0.4 is 10.6 Å². The highest BCUT2D eigenvalue weighted by Gasteiger charge is 2.25. The molecule has 0 atom stereocenters. The lowest BCUT2D eigenvalue weighted by molar-refractivity contribution is -0.117. The fourth-order valence-corrected chi connectivity index (χ4v) is 4.14. The van der Waals surface area contributed by atoms with Crippen molar-refractivity contribution in [3.63, 3.8) is 0 Å². The molecule has 6 nitrogen and oxygen atoms in total. The smallest absolute Gasteiger partial charge is 0.243 e. The van der Waals surface area contributed by atoms with Crippen molar-refractivity contribution < 1.29 is 13.2 Å². The second kappa shape index (κ2) is 7.17. The van der Waals surface area contributed by atoms with Crippen LogP contribution in [0.25, 0.3) is 0 Å². The average molecular weight is 341 g/mol. The Balaban J connectivity index is 2.16. The predicted octanol–water partition coefficient (Wildman–Crippen LogP) is 1.69. The number of sulfonamides is 1. The molecule has 120 valence electrons.